The molecule has 0 saturated heterocycles. The molecule has 0 atom stereocenters. The van der Waals surface area contributed by atoms with Gasteiger partial charge in [0.25, 0.3) is 0 Å². The molecule has 38 heavy (non-hydrogen) atoms. The fourth-order valence-electron chi connectivity index (χ4n) is 4.99. The summed E-state index contributed by atoms with van der Waals surface area (Å²) in [4.78, 5) is 18.7. The smallest absolute Gasteiger partial charge is 0.196 e. The standard InChI is InChI=1S/C34H25BrOS2/c1-22-14-18-25(19-15-22)37-29-12-6-10-27-31(29)33(36)32-28(34(27,35)24-8-4-3-5-9-24)11-7-13-30(32)38-26-20-16-23(2)17-21-26/h3-21H,1-2H3. The molecular weight excluding hydrogens is 568 g/mol. The summed E-state index contributed by atoms with van der Waals surface area (Å²) in [7, 11) is 0. The Morgan fingerprint density at radius 3 is 1.45 bits per heavy atom. The number of ketones is 1. The maximum Gasteiger partial charge on any atom is 0.196 e. The van der Waals surface area contributed by atoms with E-state index in [1.54, 1.807) is 23.5 Å². The van der Waals surface area contributed by atoms with Gasteiger partial charge in [0, 0.05) is 30.7 Å². The molecule has 4 heteroatoms. The highest BCUT2D eigenvalue weighted by molar-refractivity contribution is 9.10. The normalized spacial score (nSPS) is 13.6. The maximum absolute atomic E-state index is 14.5. The molecule has 186 valence electrons. The third-order valence-corrected chi connectivity index (χ3v) is 10.4. The minimum absolute atomic E-state index is 0.0754. The predicted octanol–water partition coefficient (Wildman–Crippen LogP) is 9.84. The predicted molar refractivity (Wildman–Crippen MR) is 162 cm³/mol. The van der Waals surface area contributed by atoms with Crippen molar-refractivity contribution in [2.24, 2.45) is 0 Å². The van der Waals surface area contributed by atoms with Gasteiger partial charge in [-0.1, -0.05) is 129 Å². The van der Waals surface area contributed by atoms with Crippen LogP contribution in [0.2, 0.25) is 0 Å². The highest BCUT2D eigenvalue weighted by atomic mass is 79.9. The Balaban J connectivity index is 1.57. The van der Waals surface area contributed by atoms with Gasteiger partial charge in [-0.15, -0.1) is 0 Å². The zero-order valence-corrected chi connectivity index (χ0v) is 24.3. The van der Waals surface area contributed by atoms with E-state index in [2.05, 4.69) is 139 Å². The molecule has 0 fully saturated rings. The number of carbonyl (C=O) groups is 1. The molecule has 1 aliphatic rings. The minimum atomic E-state index is -0.652. The molecule has 1 aliphatic carbocycles. The van der Waals surface area contributed by atoms with Crippen LogP contribution < -0.4 is 0 Å². The number of hydrogen-bond donors (Lipinski definition) is 0. The number of benzene rings is 5. The van der Waals surface area contributed by atoms with Crippen molar-refractivity contribution in [2.75, 3.05) is 0 Å². The Kier molecular flexibility index (Phi) is 6.81. The van der Waals surface area contributed by atoms with Gasteiger partial charge in [-0.3, -0.25) is 4.79 Å². The monoisotopic (exact) mass is 592 g/mol. The van der Waals surface area contributed by atoms with E-state index in [0.29, 0.717) is 0 Å². The minimum Gasteiger partial charge on any atom is -0.289 e. The molecule has 0 radical (unpaired) electrons. The van der Waals surface area contributed by atoms with Crippen molar-refractivity contribution in [2.45, 2.75) is 37.8 Å². The van der Waals surface area contributed by atoms with Gasteiger partial charge in [-0.25, -0.2) is 0 Å². The number of halogens is 1. The van der Waals surface area contributed by atoms with Gasteiger partial charge in [-0.2, -0.15) is 0 Å². The van der Waals surface area contributed by atoms with Gasteiger partial charge in [0.1, 0.15) is 4.32 Å². The van der Waals surface area contributed by atoms with E-state index in [1.165, 1.54) is 11.1 Å². The summed E-state index contributed by atoms with van der Waals surface area (Å²) >= 11 is 7.51. The average molecular weight is 594 g/mol. The van der Waals surface area contributed by atoms with Crippen molar-refractivity contribution in [3.63, 3.8) is 0 Å². The van der Waals surface area contributed by atoms with Gasteiger partial charge in [0.05, 0.1) is 0 Å². The van der Waals surface area contributed by atoms with E-state index in [-0.39, 0.29) is 5.78 Å². The van der Waals surface area contributed by atoms with Gasteiger partial charge >= 0.3 is 0 Å². The van der Waals surface area contributed by atoms with Crippen LogP contribution in [0.25, 0.3) is 0 Å². The number of rotatable bonds is 5. The Morgan fingerprint density at radius 1 is 0.553 bits per heavy atom. The van der Waals surface area contributed by atoms with E-state index >= 15 is 0 Å². The van der Waals surface area contributed by atoms with E-state index in [1.807, 2.05) is 6.07 Å². The van der Waals surface area contributed by atoms with Crippen LogP contribution in [-0.4, -0.2) is 5.78 Å². The SMILES string of the molecule is Cc1ccc(Sc2cccc3c2C(=O)c2c(Sc4ccc(C)cc4)cccc2C3(Br)c2ccccc2)cc1. The Labute approximate surface area is 240 Å². The van der Waals surface area contributed by atoms with Gasteiger partial charge in [-0.05, 0) is 66.9 Å². The van der Waals surface area contributed by atoms with Crippen LogP contribution in [-0.2, 0) is 4.32 Å². The number of carbonyl (C=O) groups excluding carboxylic acids is 1. The average Bonchev–Trinajstić information content (AvgIpc) is 2.94. The summed E-state index contributed by atoms with van der Waals surface area (Å²) in [5, 5.41) is 0. The van der Waals surface area contributed by atoms with E-state index in [0.717, 1.165) is 47.4 Å². The van der Waals surface area contributed by atoms with Crippen molar-refractivity contribution in [1.82, 2.24) is 0 Å². The first-order chi connectivity index (χ1) is 18.4. The first-order valence-corrected chi connectivity index (χ1v) is 14.9. The first-order valence-electron chi connectivity index (χ1n) is 12.5. The lowest BCUT2D eigenvalue weighted by Gasteiger charge is -2.37. The molecule has 0 N–H and O–H groups in total. The van der Waals surface area contributed by atoms with Crippen LogP contribution in [0.5, 0.6) is 0 Å². The first kappa shape index (κ1) is 25.2. The van der Waals surface area contributed by atoms with Crippen LogP contribution in [0.1, 0.15) is 43.7 Å². The molecule has 0 bridgehead atoms. The molecule has 0 aliphatic heterocycles. The van der Waals surface area contributed by atoms with Crippen LogP contribution in [0.15, 0.2) is 135 Å². The largest absolute Gasteiger partial charge is 0.289 e. The molecule has 0 heterocycles. The maximum atomic E-state index is 14.5. The molecule has 0 saturated carbocycles. The highest BCUT2D eigenvalue weighted by Gasteiger charge is 2.45. The fraction of sp³-hybridized carbons (Fsp3) is 0.0882. The molecule has 6 rings (SSSR count). The van der Waals surface area contributed by atoms with Gasteiger partial charge < -0.3 is 0 Å². The van der Waals surface area contributed by atoms with E-state index in [4.69, 9.17) is 0 Å². The second-order valence-corrected chi connectivity index (χ2v) is 13.0. The molecule has 5 aromatic rings. The van der Waals surface area contributed by atoms with Crippen molar-refractivity contribution in [1.29, 1.82) is 0 Å². The third-order valence-electron chi connectivity index (χ3n) is 6.92. The second-order valence-electron chi connectivity index (χ2n) is 9.54. The van der Waals surface area contributed by atoms with Crippen molar-refractivity contribution in [3.8, 4) is 0 Å². The fourth-order valence-corrected chi connectivity index (χ4v) is 7.87. The molecule has 1 nitrogen and oxygen atoms in total. The van der Waals surface area contributed by atoms with Crippen molar-refractivity contribution in [3.05, 3.63) is 154 Å². The molecule has 0 amide bonds. The number of hydrogen-bond acceptors (Lipinski definition) is 3. The number of aryl methyl sites for hydroxylation is 2. The lowest BCUT2D eigenvalue weighted by Crippen LogP contribution is -2.32. The number of alkyl halides is 1. The van der Waals surface area contributed by atoms with Crippen LogP contribution in [0.3, 0.4) is 0 Å². The zero-order chi connectivity index (χ0) is 26.3. The van der Waals surface area contributed by atoms with Crippen molar-refractivity contribution >= 4 is 45.2 Å². The Hall–Kier alpha value is -3.05. The van der Waals surface area contributed by atoms with Crippen LogP contribution >= 0.6 is 39.5 Å². The molecular formula is C34H25BrOS2. The third kappa shape index (κ3) is 4.45. The van der Waals surface area contributed by atoms with E-state index < -0.39 is 4.32 Å². The summed E-state index contributed by atoms with van der Waals surface area (Å²) < 4.78 is -0.652. The zero-order valence-electron chi connectivity index (χ0n) is 21.1. The number of fused-ring (bicyclic) bond motifs is 2. The summed E-state index contributed by atoms with van der Waals surface area (Å²) in [5.74, 6) is 0.0754. The van der Waals surface area contributed by atoms with Crippen LogP contribution in [0.4, 0.5) is 0 Å². The summed E-state index contributed by atoms with van der Waals surface area (Å²) in [6.45, 7) is 4.18. The molecule has 0 aromatic heterocycles. The van der Waals surface area contributed by atoms with Crippen molar-refractivity contribution < 1.29 is 4.79 Å². The molecule has 0 unspecified atom stereocenters. The second kappa shape index (κ2) is 10.3. The lowest BCUT2D eigenvalue weighted by molar-refractivity contribution is 0.102. The van der Waals surface area contributed by atoms with Gasteiger partial charge in [0.2, 0.25) is 0 Å². The highest BCUT2D eigenvalue weighted by Crippen LogP contribution is 2.54. The van der Waals surface area contributed by atoms with Gasteiger partial charge in [0.15, 0.2) is 5.78 Å². The van der Waals surface area contributed by atoms with Crippen LogP contribution in [0, 0.1) is 13.8 Å². The van der Waals surface area contributed by atoms with E-state index in [9.17, 15) is 4.79 Å². The molecule has 5 aromatic carbocycles. The molecule has 0 spiro atoms. The Bertz CT molecular complexity index is 1540. The Morgan fingerprint density at radius 2 is 1.00 bits per heavy atom. The topological polar surface area (TPSA) is 17.1 Å². The lowest BCUT2D eigenvalue weighted by atomic mass is 9.74. The summed E-state index contributed by atoms with van der Waals surface area (Å²) in [6.07, 6.45) is 0. The quantitative estimate of drug-likeness (QED) is 0.189. The summed E-state index contributed by atoms with van der Waals surface area (Å²) in [5.41, 5.74) is 7.04. The summed E-state index contributed by atoms with van der Waals surface area (Å²) in [6, 6.07) is 39.8.